The largest absolute Gasteiger partial charge is 0.384 e. The van der Waals surface area contributed by atoms with Crippen molar-refractivity contribution in [3.05, 3.63) is 43.9 Å². The van der Waals surface area contributed by atoms with E-state index in [4.69, 9.17) is 14.0 Å². The van der Waals surface area contributed by atoms with Crippen molar-refractivity contribution in [2.45, 2.75) is 67.2 Å². The molecular formula is C22H38N2O6. The molecular weight excluding hydrogens is 388 g/mol. The lowest BCUT2D eigenvalue weighted by atomic mass is 9.84. The van der Waals surface area contributed by atoms with Gasteiger partial charge in [-0.05, 0) is 31.1 Å². The van der Waals surface area contributed by atoms with Gasteiger partial charge in [-0.25, -0.2) is 0 Å². The molecule has 2 N–H and O–H groups in total. The molecule has 0 saturated carbocycles. The maximum Gasteiger partial charge on any atom is 0.283 e. The van der Waals surface area contributed by atoms with Gasteiger partial charge in [0.2, 0.25) is 0 Å². The van der Waals surface area contributed by atoms with Crippen molar-refractivity contribution in [3.63, 3.8) is 0 Å². The Labute approximate surface area is 178 Å². The third kappa shape index (κ3) is 10.6. The van der Waals surface area contributed by atoms with Crippen molar-refractivity contribution in [1.29, 1.82) is 0 Å². The van der Waals surface area contributed by atoms with Crippen LogP contribution in [0.1, 0.15) is 64.5 Å². The van der Waals surface area contributed by atoms with Gasteiger partial charge in [0.15, 0.2) is 0 Å². The number of aromatic amines is 2. The number of aryl methyl sites for hydroxylation is 1. The topological polar surface area (TPSA) is 110 Å². The number of nitrogens with one attached hydrogen (secondary N) is 2. The van der Waals surface area contributed by atoms with Gasteiger partial charge < -0.3 is 18.5 Å². The highest BCUT2D eigenvalue weighted by atomic mass is 16.5. The average molecular weight is 427 g/mol. The molecule has 0 amide bonds. The summed E-state index contributed by atoms with van der Waals surface area (Å²) in [7, 11) is 0. The van der Waals surface area contributed by atoms with E-state index in [9.17, 15) is 9.59 Å². The van der Waals surface area contributed by atoms with Crippen LogP contribution in [0.5, 0.6) is 0 Å². The summed E-state index contributed by atoms with van der Waals surface area (Å²) in [6, 6.07) is 1.44. The van der Waals surface area contributed by atoms with E-state index in [1.54, 1.807) is 6.92 Å². The molecule has 2 rings (SSSR count). The number of rotatable bonds is 12. The van der Waals surface area contributed by atoms with Crippen LogP contribution in [0, 0.1) is 18.3 Å². The van der Waals surface area contributed by atoms with Crippen molar-refractivity contribution in [2.75, 3.05) is 26.4 Å². The number of ether oxygens (including phenoxy) is 2. The molecule has 0 saturated heterocycles. The fourth-order valence-corrected chi connectivity index (χ4v) is 2.56. The Hall–Kier alpha value is -2.06. The van der Waals surface area contributed by atoms with Crippen LogP contribution in [0.3, 0.4) is 0 Å². The van der Waals surface area contributed by atoms with Crippen LogP contribution in [0.4, 0.5) is 0 Å². The van der Waals surface area contributed by atoms with Gasteiger partial charge in [0.25, 0.3) is 11.1 Å². The van der Waals surface area contributed by atoms with Crippen LogP contribution in [0.2, 0.25) is 0 Å². The zero-order chi connectivity index (χ0) is 22.6. The predicted octanol–water partition coefficient (Wildman–Crippen LogP) is 3.84. The van der Waals surface area contributed by atoms with Gasteiger partial charge >= 0.3 is 0 Å². The zero-order valence-electron chi connectivity index (χ0n) is 19.3. The number of H-pyrrole nitrogens is 2. The molecule has 0 aliphatic carbocycles. The molecule has 2 heterocycles. The number of hydrogen-bond acceptors (Lipinski definition) is 6. The van der Waals surface area contributed by atoms with Crippen molar-refractivity contribution in [3.8, 4) is 0 Å². The molecule has 172 valence electrons. The Morgan fingerprint density at radius 2 is 1.70 bits per heavy atom. The molecule has 0 aromatic carbocycles. The molecule has 2 aromatic heterocycles. The maximum absolute atomic E-state index is 11.4. The first-order valence-corrected chi connectivity index (χ1v) is 10.6. The lowest BCUT2D eigenvalue weighted by Gasteiger charge is -2.23. The SMILES string of the molecule is CCc1cc(=O)[nH]o1.Cc1c(CC(C)(C)CCOCCOCCC(C)C)o[nH]c1=O. The standard InChI is InChI=1S/C17H31NO4.C5H7NO2/c1-13(2)6-8-20-10-11-21-9-7-17(4,5)12-15-14(3)16(19)18-22-15;1-2-4-3-5(7)6-8-4/h13H,6-12H2,1-5H3,(H,18,19);3H,2H2,1H3,(H,6,7). The van der Waals surface area contributed by atoms with Crippen LogP contribution in [0.15, 0.2) is 24.7 Å². The summed E-state index contributed by atoms with van der Waals surface area (Å²) >= 11 is 0. The van der Waals surface area contributed by atoms with Crippen molar-refractivity contribution in [1.82, 2.24) is 10.3 Å². The molecule has 0 unspecified atom stereocenters. The second-order valence-corrected chi connectivity index (χ2v) is 8.61. The molecule has 0 radical (unpaired) electrons. The minimum absolute atomic E-state index is 0.0292. The summed E-state index contributed by atoms with van der Waals surface area (Å²) in [6.45, 7) is 15.2. The monoisotopic (exact) mass is 426 g/mol. The lowest BCUT2D eigenvalue weighted by Crippen LogP contribution is -2.19. The minimum Gasteiger partial charge on any atom is -0.384 e. The quantitative estimate of drug-likeness (QED) is 0.499. The highest BCUT2D eigenvalue weighted by molar-refractivity contribution is 5.12. The van der Waals surface area contributed by atoms with Gasteiger partial charge in [-0.15, -0.1) is 0 Å². The second kappa shape index (κ2) is 13.3. The zero-order valence-corrected chi connectivity index (χ0v) is 19.3. The highest BCUT2D eigenvalue weighted by Crippen LogP contribution is 2.26. The summed E-state index contributed by atoms with van der Waals surface area (Å²) in [5.41, 5.74) is 0.400. The van der Waals surface area contributed by atoms with Crippen molar-refractivity contribution < 1.29 is 18.5 Å². The molecule has 2 aromatic rings. The predicted molar refractivity (Wildman–Crippen MR) is 116 cm³/mol. The summed E-state index contributed by atoms with van der Waals surface area (Å²) in [6.07, 6.45) is 3.49. The summed E-state index contributed by atoms with van der Waals surface area (Å²) in [5.74, 6) is 2.13. The first-order valence-electron chi connectivity index (χ1n) is 10.6. The van der Waals surface area contributed by atoms with Gasteiger partial charge in [0, 0.05) is 32.1 Å². The number of aromatic nitrogens is 2. The fraction of sp³-hybridized carbons (Fsp3) is 0.727. The van der Waals surface area contributed by atoms with Crippen LogP contribution < -0.4 is 11.1 Å². The first-order chi connectivity index (χ1) is 14.1. The molecule has 0 bridgehead atoms. The molecule has 8 heteroatoms. The van der Waals surface area contributed by atoms with Crippen LogP contribution >= 0.6 is 0 Å². The van der Waals surface area contributed by atoms with E-state index in [-0.39, 0.29) is 16.5 Å². The Kier molecular flexibility index (Phi) is 11.5. The van der Waals surface area contributed by atoms with Crippen LogP contribution in [-0.2, 0) is 22.3 Å². The normalized spacial score (nSPS) is 11.6. The first kappa shape index (κ1) is 26.0. The van der Waals surface area contributed by atoms with E-state index >= 15 is 0 Å². The summed E-state index contributed by atoms with van der Waals surface area (Å²) in [4.78, 5) is 21.7. The third-order valence-electron chi connectivity index (χ3n) is 4.72. The number of hydrogen-bond donors (Lipinski definition) is 2. The molecule has 30 heavy (non-hydrogen) atoms. The van der Waals surface area contributed by atoms with Gasteiger partial charge in [-0.1, -0.05) is 34.6 Å². The van der Waals surface area contributed by atoms with Crippen molar-refractivity contribution in [2.24, 2.45) is 11.3 Å². The van der Waals surface area contributed by atoms with Gasteiger partial charge in [-0.2, -0.15) is 10.3 Å². The van der Waals surface area contributed by atoms with E-state index in [1.165, 1.54) is 6.07 Å². The third-order valence-corrected chi connectivity index (χ3v) is 4.72. The second-order valence-electron chi connectivity index (χ2n) is 8.61. The van der Waals surface area contributed by atoms with E-state index < -0.39 is 0 Å². The average Bonchev–Trinajstić information content (AvgIpc) is 3.24. The van der Waals surface area contributed by atoms with Crippen LogP contribution in [0.25, 0.3) is 0 Å². The van der Waals surface area contributed by atoms with E-state index in [0.717, 1.165) is 38.1 Å². The lowest BCUT2D eigenvalue weighted by molar-refractivity contribution is 0.0337. The smallest absolute Gasteiger partial charge is 0.283 e. The Morgan fingerprint density at radius 3 is 2.17 bits per heavy atom. The fourth-order valence-electron chi connectivity index (χ4n) is 2.56. The Bertz CT molecular complexity index is 812. The Balaban J connectivity index is 0.000000467. The summed E-state index contributed by atoms with van der Waals surface area (Å²) in [5, 5.41) is 4.57. The minimum atomic E-state index is -0.165. The Morgan fingerprint density at radius 1 is 1.03 bits per heavy atom. The van der Waals surface area contributed by atoms with Gasteiger partial charge in [-0.3, -0.25) is 9.59 Å². The maximum atomic E-state index is 11.4. The van der Waals surface area contributed by atoms with Crippen molar-refractivity contribution >= 4 is 0 Å². The summed E-state index contributed by atoms with van der Waals surface area (Å²) < 4.78 is 21.0. The van der Waals surface area contributed by atoms with E-state index in [0.29, 0.717) is 37.1 Å². The molecule has 0 aliphatic heterocycles. The molecule has 0 atom stereocenters. The molecule has 0 fully saturated rings. The van der Waals surface area contributed by atoms with Gasteiger partial charge in [0.1, 0.15) is 11.5 Å². The van der Waals surface area contributed by atoms with Crippen LogP contribution in [-0.4, -0.2) is 36.7 Å². The molecule has 0 aliphatic rings. The molecule has 8 nitrogen and oxygen atoms in total. The van der Waals surface area contributed by atoms with Gasteiger partial charge in [0.05, 0.1) is 18.8 Å². The highest BCUT2D eigenvalue weighted by Gasteiger charge is 2.22. The van der Waals surface area contributed by atoms with E-state index in [1.807, 2.05) is 6.92 Å². The molecule has 0 spiro atoms. The van der Waals surface area contributed by atoms with E-state index in [2.05, 4.69) is 42.5 Å².